The second-order valence-corrected chi connectivity index (χ2v) is 5.31. The Hall–Kier alpha value is -3.09. The van der Waals surface area contributed by atoms with Gasteiger partial charge in [-0.3, -0.25) is 0 Å². The number of nitrogens with one attached hydrogen (secondary N) is 2. The van der Waals surface area contributed by atoms with Crippen molar-refractivity contribution in [2.75, 3.05) is 10.6 Å². The van der Waals surface area contributed by atoms with Gasteiger partial charge in [0.15, 0.2) is 17.5 Å². The summed E-state index contributed by atoms with van der Waals surface area (Å²) < 4.78 is 26.2. The number of hydrogen-bond acceptors (Lipinski definition) is 5. The second kappa shape index (κ2) is 6.57. The Balaban J connectivity index is 1.82. The molecule has 2 aromatic carbocycles. The van der Waals surface area contributed by atoms with Crippen molar-refractivity contribution in [3.05, 3.63) is 65.4 Å². The van der Waals surface area contributed by atoms with Crippen LogP contribution in [0.5, 0.6) is 0 Å². The molecule has 7 heteroatoms. The Morgan fingerprint density at radius 1 is 0.917 bits per heavy atom. The molecule has 0 aliphatic heterocycles. The highest BCUT2D eigenvalue weighted by atomic mass is 19.2. The summed E-state index contributed by atoms with van der Waals surface area (Å²) in [5, 5.41) is 13.7. The maximum atomic E-state index is 13.3. The number of anilines is 4. The summed E-state index contributed by atoms with van der Waals surface area (Å²) in [6.45, 7) is 3.98. The predicted octanol–water partition coefficient (Wildman–Crippen LogP) is 4.25. The molecule has 5 nitrogen and oxygen atoms in total. The van der Waals surface area contributed by atoms with Gasteiger partial charge in [0.25, 0.3) is 0 Å². The number of rotatable bonds is 4. The zero-order chi connectivity index (χ0) is 17.1. The van der Waals surface area contributed by atoms with Crippen molar-refractivity contribution in [1.29, 1.82) is 0 Å². The fourth-order valence-corrected chi connectivity index (χ4v) is 2.26. The molecule has 0 bridgehead atoms. The molecule has 2 N–H and O–H groups in total. The second-order valence-electron chi connectivity index (χ2n) is 5.31. The first-order valence-corrected chi connectivity index (χ1v) is 7.28. The van der Waals surface area contributed by atoms with E-state index in [0.717, 1.165) is 28.9 Å². The van der Waals surface area contributed by atoms with E-state index in [1.54, 1.807) is 0 Å². The van der Waals surface area contributed by atoms with Gasteiger partial charge in [0.1, 0.15) is 0 Å². The maximum Gasteiger partial charge on any atom is 0.249 e. The fourth-order valence-electron chi connectivity index (χ4n) is 2.26. The minimum Gasteiger partial charge on any atom is -0.338 e. The number of nitrogens with zero attached hydrogens (tertiary/aromatic N) is 3. The number of para-hydroxylation sites is 1. The van der Waals surface area contributed by atoms with Crippen LogP contribution in [0.1, 0.15) is 11.1 Å². The quantitative estimate of drug-likeness (QED) is 0.750. The molecule has 0 saturated heterocycles. The normalized spacial score (nSPS) is 10.5. The molecular weight excluding hydrogens is 312 g/mol. The molecule has 0 radical (unpaired) electrons. The molecule has 122 valence electrons. The zero-order valence-corrected chi connectivity index (χ0v) is 13.1. The lowest BCUT2D eigenvalue weighted by molar-refractivity contribution is 0.509. The van der Waals surface area contributed by atoms with Crippen molar-refractivity contribution in [3.8, 4) is 0 Å². The monoisotopic (exact) mass is 327 g/mol. The number of hydrogen-bond donors (Lipinski definition) is 2. The van der Waals surface area contributed by atoms with E-state index in [2.05, 4.69) is 25.8 Å². The Bertz CT molecular complexity index is 862. The Morgan fingerprint density at radius 3 is 2.38 bits per heavy atom. The smallest absolute Gasteiger partial charge is 0.249 e. The highest BCUT2D eigenvalue weighted by Crippen LogP contribution is 2.23. The molecule has 0 atom stereocenters. The highest BCUT2D eigenvalue weighted by Gasteiger charge is 2.07. The molecule has 1 heterocycles. The van der Waals surface area contributed by atoms with Gasteiger partial charge in [-0.1, -0.05) is 18.2 Å². The average Bonchev–Trinajstić information content (AvgIpc) is 2.55. The first kappa shape index (κ1) is 15.8. The van der Waals surface area contributed by atoms with Crippen molar-refractivity contribution in [2.24, 2.45) is 0 Å². The molecule has 3 aromatic rings. The lowest BCUT2D eigenvalue weighted by Crippen LogP contribution is -2.04. The summed E-state index contributed by atoms with van der Waals surface area (Å²) in [5.74, 6) is -1.19. The number of aromatic nitrogens is 3. The van der Waals surface area contributed by atoms with Crippen LogP contribution in [0.3, 0.4) is 0 Å². The van der Waals surface area contributed by atoms with Gasteiger partial charge in [-0.15, -0.1) is 5.10 Å². The summed E-state index contributed by atoms with van der Waals surface area (Å²) in [4.78, 5) is 4.29. The van der Waals surface area contributed by atoms with Crippen molar-refractivity contribution < 1.29 is 8.78 Å². The third kappa shape index (κ3) is 3.45. The van der Waals surface area contributed by atoms with E-state index in [9.17, 15) is 8.78 Å². The SMILES string of the molecule is Cc1cccc(C)c1Nc1cnnc(Nc2ccc(F)c(F)c2)n1. The fraction of sp³-hybridized carbons (Fsp3) is 0.118. The highest BCUT2D eigenvalue weighted by molar-refractivity contribution is 5.64. The van der Waals surface area contributed by atoms with Crippen LogP contribution in [0.25, 0.3) is 0 Å². The summed E-state index contributed by atoms with van der Waals surface area (Å²) in [6.07, 6.45) is 1.49. The molecule has 0 saturated carbocycles. The summed E-state index contributed by atoms with van der Waals surface area (Å²) in [7, 11) is 0. The van der Waals surface area contributed by atoms with Crippen LogP contribution in [0.15, 0.2) is 42.6 Å². The number of benzene rings is 2. The first-order chi connectivity index (χ1) is 11.5. The van der Waals surface area contributed by atoms with Crippen LogP contribution >= 0.6 is 0 Å². The van der Waals surface area contributed by atoms with Gasteiger partial charge in [-0.25, -0.2) is 8.78 Å². The van der Waals surface area contributed by atoms with Crippen LogP contribution in [-0.4, -0.2) is 15.2 Å². The van der Waals surface area contributed by atoms with Gasteiger partial charge in [-0.2, -0.15) is 10.1 Å². The average molecular weight is 327 g/mol. The van der Waals surface area contributed by atoms with Gasteiger partial charge in [-0.05, 0) is 37.1 Å². The summed E-state index contributed by atoms with van der Waals surface area (Å²) in [6, 6.07) is 9.42. The van der Waals surface area contributed by atoms with E-state index in [-0.39, 0.29) is 5.95 Å². The van der Waals surface area contributed by atoms with E-state index in [1.165, 1.54) is 12.3 Å². The van der Waals surface area contributed by atoms with Crippen molar-refractivity contribution >= 4 is 23.1 Å². The summed E-state index contributed by atoms with van der Waals surface area (Å²) >= 11 is 0. The Morgan fingerprint density at radius 2 is 1.67 bits per heavy atom. The topological polar surface area (TPSA) is 62.7 Å². The molecular formula is C17H15F2N5. The molecule has 0 unspecified atom stereocenters. The van der Waals surface area contributed by atoms with E-state index < -0.39 is 11.6 Å². The summed E-state index contributed by atoms with van der Waals surface area (Å²) in [5.41, 5.74) is 3.42. The molecule has 24 heavy (non-hydrogen) atoms. The molecule has 0 aliphatic rings. The Labute approximate surface area is 137 Å². The Kier molecular flexibility index (Phi) is 4.33. The van der Waals surface area contributed by atoms with E-state index in [1.807, 2.05) is 32.0 Å². The van der Waals surface area contributed by atoms with Gasteiger partial charge >= 0.3 is 0 Å². The van der Waals surface area contributed by atoms with E-state index >= 15 is 0 Å². The van der Waals surface area contributed by atoms with Crippen LogP contribution in [-0.2, 0) is 0 Å². The molecule has 0 amide bonds. The minimum atomic E-state index is -0.947. The van der Waals surface area contributed by atoms with Crippen molar-refractivity contribution in [1.82, 2.24) is 15.2 Å². The minimum absolute atomic E-state index is 0.178. The van der Waals surface area contributed by atoms with Crippen LogP contribution in [0.2, 0.25) is 0 Å². The lowest BCUT2D eigenvalue weighted by atomic mass is 10.1. The van der Waals surface area contributed by atoms with Crippen LogP contribution in [0.4, 0.5) is 31.9 Å². The van der Waals surface area contributed by atoms with Gasteiger partial charge in [0, 0.05) is 17.4 Å². The van der Waals surface area contributed by atoms with Gasteiger partial charge in [0.2, 0.25) is 5.95 Å². The molecule has 0 fully saturated rings. The molecule has 0 aliphatic carbocycles. The van der Waals surface area contributed by atoms with Crippen molar-refractivity contribution in [2.45, 2.75) is 13.8 Å². The van der Waals surface area contributed by atoms with E-state index in [0.29, 0.717) is 11.5 Å². The van der Waals surface area contributed by atoms with Gasteiger partial charge in [0.05, 0.1) is 6.20 Å². The first-order valence-electron chi connectivity index (χ1n) is 7.28. The largest absolute Gasteiger partial charge is 0.338 e. The van der Waals surface area contributed by atoms with Gasteiger partial charge < -0.3 is 10.6 Å². The maximum absolute atomic E-state index is 13.3. The third-order valence-electron chi connectivity index (χ3n) is 3.47. The van der Waals surface area contributed by atoms with Crippen LogP contribution in [0, 0.1) is 25.5 Å². The van der Waals surface area contributed by atoms with Crippen molar-refractivity contribution in [3.63, 3.8) is 0 Å². The molecule has 0 spiro atoms. The van der Waals surface area contributed by atoms with E-state index in [4.69, 9.17) is 0 Å². The predicted molar refractivity (Wildman–Crippen MR) is 88.7 cm³/mol. The third-order valence-corrected chi connectivity index (χ3v) is 3.47. The molecule has 1 aromatic heterocycles. The lowest BCUT2D eigenvalue weighted by Gasteiger charge is -2.12. The van der Waals surface area contributed by atoms with Crippen LogP contribution < -0.4 is 10.6 Å². The number of halogens is 2. The molecule has 3 rings (SSSR count). The standard InChI is InChI=1S/C17H15F2N5/c1-10-4-3-5-11(2)16(10)22-15-9-20-24-17(23-15)21-12-6-7-13(18)14(19)8-12/h3-9H,1-2H3,(H2,21,22,23,24). The number of aryl methyl sites for hydroxylation is 2. The zero-order valence-electron chi connectivity index (χ0n) is 13.1.